The van der Waals surface area contributed by atoms with Crippen molar-refractivity contribution in [2.24, 2.45) is 5.92 Å². The number of carbonyl (C=O) groups excluding carboxylic acids is 2. The summed E-state index contributed by atoms with van der Waals surface area (Å²) < 4.78 is 15.7. The van der Waals surface area contributed by atoms with E-state index in [-0.39, 0.29) is 23.5 Å². The first-order valence-electron chi connectivity index (χ1n) is 11.9. The van der Waals surface area contributed by atoms with Crippen molar-refractivity contribution >= 4 is 28.4 Å². The molecule has 1 saturated carbocycles. The van der Waals surface area contributed by atoms with Gasteiger partial charge in [-0.25, -0.2) is 4.39 Å². The van der Waals surface area contributed by atoms with Gasteiger partial charge in [0.25, 0.3) is 5.91 Å². The van der Waals surface area contributed by atoms with E-state index in [9.17, 15) is 14.0 Å². The number of aromatic nitrogens is 2. The zero-order chi connectivity index (χ0) is 24.2. The van der Waals surface area contributed by atoms with Crippen LogP contribution in [0, 0.1) is 11.7 Å². The fourth-order valence-corrected chi connectivity index (χ4v) is 4.38. The molecule has 1 aliphatic carbocycles. The lowest BCUT2D eigenvalue weighted by atomic mass is 9.85. The van der Waals surface area contributed by atoms with Crippen LogP contribution in [0.4, 0.5) is 10.1 Å². The van der Waals surface area contributed by atoms with Gasteiger partial charge in [-0.1, -0.05) is 24.6 Å². The highest BCUT2D eigenvalue weighted by Gasteiger charge is 2.25. The molecular weight excluding hydrogens is 443 g/mol. The molecule has 0 atom stereocenters. The minimum Gasteiger partial charge on any atom is -0.350 e. The lowest BCUT2D eigenvalue weighted by molar-refractivity contribution is -0.122. The molecule has 0 radical (unpaired) electrons. The van der Waals surface area contributed by atoms with Crippen LogP contribution >= 0.6 is 0 Å². The minimum atomic E-state index is -0.318. The number of pyridine rings is 1. The molecule has 0 bridgehead atoms. The van der Waals surface area contributed by atoms with Gasteiger partial charge in [0.05, 0.1) is 0 Å². The summed E-state index contributed by atoms with van der Waals surface area (Å²) in [6, 6.07) is 19.5. The number of hydrogen-bond donors (Lipinski definition) is 2. The molecule has 2 amide bonds. The maximum absolute atomic E-state index is 13.8. The third kappa shape index (κ3) is 5.24. The topological polar surface area (TPSA) is 76.0 Å². The van der Waals surface area contributed by atoms with Crippen LogP contribution in [-0.4, -0.2) is 27.9 Å². The van der Waals surface area contributed by atoms with Crippen molar-refractivity contribution in [3.63, 3.8) is 0 Å². The molecule has 1 fully saturated rings. The Labute approximate surface area is 203 Å². The smallest absolute Gasteiger partial charge is 0.267 e. The van der Waals surface area contributed by atoms with Crippen molar-refractivity contribution in [1.82, 2.24) is 14.9 Å². The first-order chi connectivity index (χ1) is 17.1. The predicted octanol–water partition coefficient (Wildman–Crippen LogP) is 4.93. The minimum absolute atomic E-state index is 0.0438. The second-order valence-electron chi connectivity index (χ2n) is 8.96. The number of fused-ring (bicyclic) bond motifs is 1. The zero-order valence-corrected chi connectivity index (χ0v) is 19.3. The van der Waals surface area contributed by atoms with Crippen LogP contribution in [0.1, 0.15) is 41.0 Å². The monoisotopic (exact) mass is 470 g/mol. The van der Waals surface area contributed by atoms with Gasteiger partial charge in [0, 0.05) is 53.9 Å². The van der Waals surface area contributed by atoms with Crippen LogP contribution < -0.4 is 10.6 Å². The van der Waals surface area contributed by atoms with Crippen LogP contribution in [0.3, 0.4) is 0 Å². The third-order valence-electron chi connectivity index (χ3n) is 6.50. The highest BCUT2D eigenvalue weighted by atomic mass is 19.1. The molecule has 7 heteroatoms. The van der Waals surface area contributed by atoms with E-state index in [1.54, 1.807) is 12.3 Å². The van der Waals surface area contributed by atoms with Crippen molar-refractivity contribution < 1.29 is 14.0 Å². The highest BCUT2D eigenvalue weighted by molar-refractivity contribution is 6.01. The van der Waals surface area contributed by atoms with Gasteiger partial charge < -0.3 is 15.2 Å². The van der Waals surface area contributed by atoms with E-state index < -0.39 is 0 Å². The Morgan fingerprint density at radius 1 is 1.03 bits per heavy atom. The molecule has 0 aliphatic heterocycles. The van der Waals surface area contributed by atoms with E-state index in [0.717, 1.165) is 41.4 Å². The summed E-state index contributed by atoms with van der Waals surface area (Å²) in [4.78, 5) is 29.9. The van der Waals surface area contributed by atoms with Crippen LogP contribution in [0.15, 0.2) is 72.9 Å². The lowest BCUT2D eigenvalue weighted by Gasteiger charge is -2.24. The summed E-state index contributed by atoms with van der Waals surface area (Å²) in [5.74, 6) is -0.402. The number of nitrogens with zero attached hydrogens (tertiary/aromatic N) is 2. The SMILES string of the molecule is O=C(NCCc1ccccn1)c1cc2cc(NC(=O)C3CCC3)ccc2n1Cc1cccc(F)c1. The van der Waals surface area contributed by atoms with E-state index in [4.69, 9.17) is 0 Å². The first-order valence-corrected chi connectivity index (χ1v) is 11.9. The first kappa shape index (κ1) is 22.8. The van der Waals surface area contributed by atoms with E-state index in [2.05, 4.69) is 15.6 Å². The maximum Gasteiger partial charge on any atom is 0.267 e. The number of amides is 2. The fourth-order valence-electron chi connectivity index (χ4n) is 4.38. The predicted molar refractivity (Wildman–Crippen MR) is 134 cm³/mol. The molecule has 0 spiro atoms. The molecule has 2 heterocycles. The maximum atomic E-state index is 13.8. The fraction of sp³-hybridized carbons (Fsp3) is 0.250. The number of benzene rings is 2. The molecule has 2 aromatic heterocycles. The Balaban J connectivity index is 1.41. The number of rotatable bonds is 8. The summed E-state index contributed by atoms with van der Waals surface area (Å²) in [5, 5.41) is 6.81. The average Bonchev–Trinajstić information content (AvgIpc) is 3.16. The zero-order valence-electron chi connectivity index (χ0n) is 19.3. The summed E-state index contributed by atoms with van der Waals surface area (Å²) in [7, 11) is 0. The van der Waals surface area contributed by atoms with Crippen LogP contribution in [0.25, 0.3) is 10.9 Å². The van der Waals surface area contributed by atoms with Gasteiger partial charge >= 0.3 is 0 Å². The van der Waals surface area contributed by atoms with Crippen molar-refractivity contribution in [2.45, 2.75) is 32.2 Å². The number of hydrogen-bond acceptors (Lipinski definition) is 3. The molecule has 5 rings (SSSR count). The van der Waals surface area contributed by atoms with Crippen molar-refractivity contribution in [2.75, 3.05) is 11.9 Å². The van der Waals surface area contributed by atoms with Crippen LogP contribution in [-0.2, 0) is 17.8 Å². The number of carbonyl (C=O) groups is 2. The van der Waals surface area contributed by atoms with Gasteiger partial charge in [-0.2, -0.15) is 0 Å². The van der Waals surface area contributed by atoms with E-state index in [0.29, 0.717) is 30.9 Å². The Hall–Kier alpha value is -4.00. The second kappa shape index (κ2) is 10.1. The largest absolute Gasteiger partial charge is 0.350 e. The molecular formula is C28H27FN4O2. The van der Waals surface area contributed by atoms with Crippen molar-refractivity contribution in [3.05, 3.63) is 95.7 Å². The third-order valence-corrected chi connectivity index (χ3v) is 6.50. The van der Waals surface area contributed by atoms with E-state index in [1.807, 2.05) is 53.1 Å². The molecule has 2 N–H and O–H groups in total. The Morgan fingerprint density at radius 2 is 1.91 bits per heavy atom. The van der Waals surface area contributed by atoms with Crippen LogP contribution in [0.2, 0.25) is 0 Å². The summed E-state index contributed by atoms with van der Waals surface area (Å²) in [6.07, 6.45) is 5.31. The van der Waals surface area contributed by atoms with E-state index >= 15 is 0 Å². The van der Waals surface area contributed by atoms with Crippen LogP contribution in [0.5, 0.6) is 0 Å². The van der Waals surface area contributed by atoms with Gasteiger partial charge in [0.1, 0.15) is 11.5 Å². The quantitative estimate of drug-likeness (QED) is 0.383. The molecule has 4 aromatic rings. The highest BCUT2D eigenvalue weighted by Crippen LogP contribution is 2.29. The lowest BCUT2D eigenvalue weighted by Crippen LogP contribution is -2.28. The molecule has 178 valence electrons. The Bertz CT molecular complexity index is 1360. The summed E-state index contributed by atoms with van der Waals surface area (Å²) in [5.41, 5.74) is 3.69. The van der Waals surface area contributed by atoms with Gasteiger partial charge in [-0.3, -0.25) is 14.6 Å². The molecule has 0 saturated heterocycles. The van der Waals surface area contributed by atoms with Crippen molar-refractivity contribution in [1.29, 1.82) is 0 Å². The molecule has 2 aromatic carbocycles. The average molecular weight is 471 g/mol. The molecule has 1 aliphatic rings. The van der Waals surface area contributed by atoms with Crippen molar-refractivity contribution in [3.8, 4) is 0 Å². The number of anilines is 1. The molecule has 0 unspecified atom stereocenters. The number of nitrogens with one attached hydrogen (secondary N) is 2. The molecule has 35 heavy (non-hydrogen) atoms. The standard InChI is InChI=1S/C28H27FN4O2/c29-22-8-3-5-19(15-22)18-33-25-11-10-24(32-27(34)20-6-4-7-20)16-21(25)17-26(33)28(35)31-14-12-23-9-1-2-13-30-23/h1-3,5,8-11,13,15-17,20H,4,6-7,12,14,18H2,(H,31,35)(H,32,34). The van der Waals surface area contributed by atoms with Gasteiger partial charge in [0.2, 0.25) is 5.91 Å². The van der Waals surface area contributed by atoms with Gasteiger partial charge in [-0.15, -0.1) is 0 Å². The number of halogens is 1. The van der Waals surface area contributed by atoms with E-state index in [1.165, 1.54) is 12.1 Å². The van der Waals surface area contributed by atoms with Gasteiger partial charge in [0.15, 0.2) is 0 Å². The second-order valence-corrected chi connectivity index (χ2v) is 8.96. The molecule has 6 nitrogen and oxygen atoms in total. The van der Waals surface area contributed by atoms with Gasteiger partial charge in [-0.05, 0) is 66.9 Å². The Kier molecular flexibility index (Phi) is 6.57. The Morgan fingerprint density at radius 3 is 2.66 bits per heavy atom. The summed E-state index contributed by atoms with van der Waals surface area (Å²) in [6.45, 7) is 0.790. The normalized spacial score (nSPS) is 13.4. The summed E-state index contributed by atoms with van der Waals surface area (Å²) >= 11 is 0.